The molecule has 0 N–H and O–H groups in total. The van der Waals surface area contributed by atoms with Crippen LogP contribution < -0.4 is 0 Å². The Bertz CT molecular complexity index is 73.3. The molecule has 0 unspecified atom stereocenters. The normalized spacial score (nSPS) is 12.1. The molecule has 0 radical (unpaired) electrons. The van der Waals surface area contributed by atoms with Crippen molar-refractivity contribution in [1.82, 2.24) is 4.90 Å². The predicted octanol–water partition coefficient (Wildman–Crippen LogP) is 1.69. The molecule has 0 amide bonds. The Kier molecular flexibility index (Phi) is 5.44. The van der Waals surface area contributed by atoms with Gasteiger partial charge in [0.1, 0.15) is 0 Å². The van der Waals surface area contributed by atoms with E-state index in [0.29, 0.717) is 12.1 Å². The van der Waals surface area contributed by atoms with Gasteiger partial charge in [0.25, 0.3) is 0 Å². The Balaban J connectivity index is 3.73. The van der Waals surface area contributed by atoms with Gasteiger partial charge in [-0.2, -0.15) is 0 Å². The van der Waals surface area contributed by atoms with Gasteiger partial charge in [0.2, 0.25) is 0 Å². The summed E-state index contributed by atoms with van der Waals surface area (Å²) in [4.78, 5) is 2.49. The summed E-state index contributed by atoms with van der Waals surface area (Å²) in [6.45, 7) is 10.2. The van der Waals surface area contributed by atoms with Gasteiger partial charge in [0.05, 0.1) is 0 Å². The quantitative estimate of drug-likeness (QED) is 0.558. The van der Waals surface area contributed by atoms with Gasteiger partial charge >= 0.3 is 72.8 Å². The Morgan fingerprint density at radius 3 is 1.60 bits per heavy atom. The summed E-state index contributed by atoms with van der Waals surface area (Å²) >= 11 is 2.77. The van der Waals surface area contributed by atoms with Crippen LogP contribution in [0.25, 0.3) is 0 Å². The second-order valence-corrected chi connectivity index (χ2v) is 3.79. The van der Waals surface area contributed by atoms with Crippen molar-refractivity contribution in [1.29, 1.82) is 0 Å². The molecule has 0 aromatic carbocycles. The second kappa shape index (κ2) is 5.18. The van der Waals surface area contributed by atoms with E-state index >= 15 is 0 Å². The molecule has 0 heterocycles. The zero-order valence-electron chi connectivity index (χ0n) is 7.59. The third-order valence-corrected chi connectivity index (χ3v) is 1.97. The third-order valence-electron chi connectivity index (χ3n) is 1.71. The molecule has 0 aliphatic rings. The van der Waals surface area contributed by atoms with Gasteiger partial charge in [-0.3, -0.25) is 0 Å². The van der Waals surface area contributed by atoms with Crippen LogP contribution in [0.5, 0.6) is 0 Å². The van der Waals surface area contributed by atoms with E-state index in [-0.39, 0.29) is 0 Å². The van der Waals surface area contributed by atoms with Gasteiger partial charge in [-0.15, -0.1) is 0 Å². The molecule has 0 aliphatic heterocycles. The van der Waals surface area contributed by atoms with Gasteiger partial charge in [0.15, 0.2) is 0 Å². The van der Waals surface area contributed by atoms with Gasteiger partial charge < -0.3 is 0 Å². The molecule has 10 heavy (non-hydrogen) atoms. The molecule has 0 atom stereocenters. The van der Waals surface area contributed by atoms with E-state index in [4.69, 9.17) is 0 Å². The standard InChI is InChI=1S/C8H18N.Al/c1-6-9(7(2)3)8(4)5;/h7-8H,1,6H2,2-5H3;/q;+2. The van der Waals surface area contributed by atoms with E-state index in [2.05, 4.69) is 48.9 Å². The van der Waals surface area contributed by atoms with Crippen molar-refractivity contribution in [2.24, 2.45) is 0 Å². The summed E-state index contributed by atoms with van der Waals surface area (Å²) in [5.41, 5.74) is 0. The molecule has 0 saturated heterocycles. The first-order valence-electron chi connectivity index (χ1n) is 4.05. The van der Waals surface area contributed by atoms with E-state index in [1.807, 2.05) is 0 Å². The Hall–Kier alpha value is 0.492. The van der Waals surface area contributed by atoms with Crippen molar-refractivity contribution >= 4 is 16.3 Å². The average Bonchev–Trinajstić information content (AvgIpc) is 1.81. The maximum absolute atomic E-state index is 2.77. The summed E-state index contributed by atoms with van der Waals surface area (Å²) in [7, 11) is 0. The van der Waals surface area contributed by atoms with Crippen molar-refractivity contribution in [3.63, 3.8) is 0 Å². The topological polar surface area (TPSA) is 3.24 Å². The number of rotatable bonds is 4. The van der Waals surface area contributed by atoms with Crippen LogP contribution in [0, 0.1) is 0 Å². The van der Waals surface area contributed by atoms with Crippen LogP contribution in [-0.4, -0.2) is 39.8 Å². The van der Waals surface area contributed by atoms with Crippen LogP contribution in [0.4, 0.5) is 0 Å². The first kappa shape index (κ1) is 10.5. The Morgan fingerprint density at radius 1 is 1.10 bits per heavy atom. The SMILES string of the molecule is CC(C)N(C[CH2][Al+2])C(C)C. The second-order valence-electron chi connectivity index (χ2n) is 3.21. The van der Waals surface area contributed by atoms with Crippen LogP contribution in [-0.2, 0) is 0 Å². The summed E-state index contributed by atoms with van der Waals surface area (Å²) in [5, 5.41) is 1.18. The van der Waals surface area contributed by atoms with Crippen LogP contribution in [0.3, 0.4) is 0 Å². The van der Waals surface area contributed by atoms with Gasteiger partial charge in [-0.1, -0.05) is 0 Å². The molecule has 56 valence electrons. The first-order chi connectivity index (χ1) is 4.59. The average molecular weight is 155 g/mol. The van der Waals surface area contributed by atoms with Crippen LogP contribution in [0.2, 0.25) is 5.28 Å². The maximum atomic E-state index is 2.77. The molecular formula is C8H18AlN+2. The van der Waals surface area contributed by atoms with E-state index < -0.39 is 0 Å². The van der Waals surface area contributed by atoms with Crippen LogP contribution >= 0.6 is 0 Å². The van der Waals surface area contributed by atoms with Gasteiger partial charge in [-0.25, -0.2) is 0 Å². The number of hydrogen-bond donors (Lipinski definition) is 0. The molecule has 0 rings (SSSR count). The molecule has 0 aliphatic carbocycles. The Morgan fingerprint density at radius 2 is 1.50 bits per heavy atom. The number of nitrogens with zero attached hydrogens (tertiary/aromatic N) is 1. The summed E-state index contributed by atoms with van der Waals surface area (Å²) in [5.74, 6) is 0. The number of hydrogen-bond acceptors (Lipinski definition) is 1. The van der Waals surface area contributed by atoms with Gasteiger partial charge in [-0.05, 0) is 0 Å². The van der Waals surface area contributed by atoms with Crippen molar-refractivity contribution < 1.29 is 0 Å². The molecule has 0 aromatic rings. The summed E-state index contributed by atoms with van der Waals surface area (Å²) in [6.07, 6.45) is 0. The summed E-state index contributed by atoms with van der Waals surface area (Å²) in [6, 6.07) is 1.36. The fourth-order valence-electron chi connectivity index (χ4n) is 1.26. The molecule has 0 saturated carbocycles. The van der Waals surface area contributed by atoms with Gasteiger partial charge in [0, 0.05) is 0 Å². The molecule has 0 bridgehead atoms. The van der Waals surface area contributed by atoms with E-state index in [1.54, 1.807) is 0 Å². The van der Waals surface area contributed by atoms with Crippen molar-refractivity contribution in [2.45, 2.75) is 45.1 Å². The zero-order valence-corrected chi connectivity index (χ0v) is 8.75. The first-order valence-corrected chi connectivity index (χ1v) is 4.87. The molecule has 1 nitrogen and oxygen atoms in total. The molecule has 2 heteroatoms. The van der Waals surface area contributed by atoms with Crippen molar-refractivity contribution in [3.05, 3.63) is 0 Å². The fourth-order valence-corrected chi connectivity index (χ4v) is 1.56. The van der Waals surface area contributed by atoms with Crippen LogP contribution in [0.15, 0.2) is 0 Å². The molecule has 0 aromatic heterocycles. The van der Waals surface area contributed by atoms with Crippen molar-refractivity contribution in [2.75, 3.05) is 6.54 Å². The van der Waals surface area contributed by atoms with E-state index in [9.17, 15) is 0 Å². The third kappa shape index (κ3) is 3.61. The molecular weight excluding hydrogens is 137 g/mol. The van der Waals surface area contributed by atoms with E-state index in [1.165, 1.54) is 11.8 Å². The monoisotopic (exact) mass is 155 g/mol. The zero-order chi connectivity index (χ0) is 8.15. The Labute approximate surface area is 73.2 Å². The van der Waals surface area contributed by atoms with Crippen LogP contribution in [0.1, 0.15) is 27.7 Å². The molecule has 0 fully saturated rings. The fraction of sp³-hybridized carbons (Fsp3) is 1.00. The predicted molar refractivity (Wildman–Crippen MR) is 47.5 cm³/mol. The van der Waals surface area contributed by atoms with E-state index in [0.717, 1.165) is 0 Å². The summed E-state index contributed by atoms with van der Waals surface area (Å²) < 4.78 is 0. The minimum atomic E-state index is 0.681. The molecule has 0 spiro atoms. The minimum absolute atomic E-state index is 0.681. The van der Waals surface area contributed by atoms with Crippen molar-refractivity contribution in [3.8, 4) is 0 Å².